The van der Waals surface area contributed by atoms with Crippen molar-refractivity contribution in [2.75, 3.05) is 6.54 Å². The normalized spacial score (nSPS) is 10.2. The van der Waals surface area contributed by atoms with Gasteiger partial charge >= 0.3 is 0 Å². The Morgan fingerprint density at radius 3 is 3.00 bits per heavy atom. The van der Waals surface area contributed by atoms with Gasteiger partial charge in [0.1, 0.15) is 0 Å². The predicted molar refractivity (Wildman–Crippen MR) is 49.7 cm³/mol. The highest BCUT2D eigenvalue weighted by Crippen LogP contribution is 1.97. The van der Waals surface area contributed by atoms with Gasteiger partial charge in [0.15, 0.2) is 18.9 Å². The average Bonchev–Trinajstić information content (AvgIpc) is 2.06. The number of rotatable bonds is 4. The number of aryl methyl sites for hydroxylation is 1. The number of nitrogens with zero attached hydrogens (tertiary/aromatic N) is 1. The van der Waals surface area contributed by atoms with Crippen molar-refractivity contribution >= 4 is 0 Å². The molecule has 0 aromatic carbocycles. The molecule has 0 unspecified atom stereocenters. The lowest BCUT2D eigenvalue weighted by atomic mass is 10.2. The topological polar surface area (TPSA) is 29.9 Å². The second kappa shape index (κ2) is 4.88. The van der Waals surface area contributed by atoms with Crippen molar-refractivity contribution in [3.63, 3.8) is 0 Å². The van der Waals surface area contributed by atoms with E-state index in [1.54, 1.807) is 0 Å². The first-order valence-electron chi connectivity index (χ1n) is 4.55. The minimum atomic E-state index is 0.709. The molecule has 0 spiro atoms. The lowest BCUT2D eigenvalue weighted by Gasteiger charge is -1.97. The molecule has 0 amide bonds. The average molecular weight is 165 g/mol. The summed E-state index contributed by atoms with van der Waals surface area (Å²) < 4.78 is 2.14. The lowest BCUT2D eigenvalue weighted by molar-refractivity contribution is -0.694. The van der Waals surface area contributed by atoms with Gasteiger partial charge in [0.05, 0.1) is 6.54 Å². The molecule has 0 aliphatic heterocycles. The van der Waals surface area contributed by atoms with E-state index in [1.165, 1.54) is 12.0 Å². The van der Waals surface area contributed by atoms with E-state index < -0.39 is 0 Å². The Balaban J connectivity index is 2.67. The Labute approximate surface area is 74.0 Å². The number of aromatic nitrogens is 1. The van der Waals surface area contributed by atoms with Gasteiger partial charge < -0.3 is 5.73 Å². The molecule has 0 atom stereocenters. The zero-order valence-electron chi connectivity index (χ0n) is 7.66. The highest BCUT2D eigenvalue weighted by Gasteiger charge is 1.99. The van der Waals surface area contributed by atoms with Crippen LogP contribution in [0.25, 0.3) is 0 Å². The van der Waals surface area contributed by atoms with E-state index in [-0.39, 0.29) is 0 Å². The van der Waals surface area contributed by atoms with Crippen LogP contribution in [0.5, 0.6) is 0 Å². The van der Waals surface area contributed by atoms with Crippen LogP contribution < -0.4 is 10.3 Å². The van der Waals surface area contributed by atoms with Gasteiger partial charge in [-0.25, -0.2) is 4.57 Å². The van der Waals surface area contributed by atoms with Crippen LogP contribution in [0.2, 0.25) is 0 Å². The molecule has 2 N–H and O–H groups in total. The van der Waals surface area contributed by atoms with Gasteiger partial charge in [0.2, 0.25) is 0 Å². The highest BCUT2D eigenvalue weighted by molar-refractivity contribution is 5.04. The maximum atomic E-state index is 5.46. The summed E-state index contributed by atoms with van der Waals surface area (Å²) in [5, 5.41) is 0. The summed E-state index contributed by atoms with van der Waals surface area (Å²) in [7, 11) is 0. The van der Waals surface area contributed by atoms with Gasteiger partial charge in [-0.2, -0.15) is 0 Å². The molecule has 1 rings (SSSR count). The maximum Gasteiger partial charge on any atom is 0.172 e. The molecule has 0 bridgehead atoms. The van der Waals surface area contributed by atoms with Crippen LogP contribution in [0.15, 0.2) is 24.5 Å². The summed E-state index contributed by atoms with van der Waals surface area (Å²) in [6.45, 7) is 3.82. The van der Waals surface area contributed by atoms with Crippen LogP contribution in [0, 0.1) is 0 Å². The molecule has 2 nitrogen and oxygen atoms in total. The molecular formula is C10H17N2+. The molecule has 0 saturated carbocycles. The maximum absolute atomic E-state index is 5.46. The van der Waals surface area contributed by atoms with Crippen LogP contribution in [0.1, 0.15) is 18.9 Å². The number of hydrogen-bond acceptors (Lipinski definition) is 1. The lowest BCUT2D eigenvalue weighted by Crippen LogP contribution is -2.37. The molecule has 1 heterocycles. The Kier molecular flexibility index (Phi) is 3.74. The Hall–Kier alpha value is -0.890. The summed E-state index contributed by atoms with van der Waals surface area (Å²) >= 11 is 0. The molecule has 0 fully saturated rings. The molecule has 0 radical (unpaired) electrons. The van der Waals surface area contributed by atoms with Crippen molar-refractivity contribution in [1.82, 2.24) is 0 Å². The van der Waals surface area contributed by atoms with Crippen molar-refractivity contribution in [3.8, 4) is 0 Å². The molecule has 0 aliphatic rings. The number of hydrogen-bond donors (Lipinski definition) is 1. The van der Waals surface area contributed by atoms with E-state index in [0.717, 1.165) is 13.0 Å². The predicted octanol–water partition coefficient (Wildman–Crippen LogP) is 0.885. The van der Waals surface area contributed by atoms with Crippen molar-refractivity contribution in [2.24, 2.45) is 5.73 Å². The summed E-state index contributed by atoms with van der Waals surface area (Å²) in [6, 6.07) is 4.25. The van der Waals surface area contributed by atoms with Crippen LogP contribution in [-0.2, 0) is 13.0 Å². The quantitative estimate of drug-likeness (QED) is 0.660. The van der Waals surface area contributed by atoms with Gasteiger partial charge in [0, 0.05) is 11.6 Å². The Morgan fingerprint density at radius 1 is 1.50 bits per heavy atom. The molecule has 1 aromatic rings. The monoisotopic (exact) mass is 165 g/mol. The van der Waals surface area contributed by atoms with Crippen LogP contribution in [0.3, 0.4) is 0 Å². The van der Waals surface area contributed by atoms with Crippen LogP contribution in [-0.4, -0.2) is 6.54 Å². The van der Waals surface area contributed by atoms with Gasteiger partial charge in [-0.3, -0.25) is 0 Å². The van der Waals surface area contributed by atoms with Gasteiger partial charge in [-0.1, -0.05) is 13.3 Å². The fourth-order valence-electron chi connectivity index (χ4n) is 1.30. The van der Waals surface area contributed by atoms with Crippen LogP contribution >= 0.6 is 0 Å². The van der Waals surface area contributed by atoms with E-state index in [1.807, 2.05) is 0 Å². The largest absolute Gasteiger partial charge is 0.325 e. The summed E-state index contributed by atoms with van der Waals surface area (Å²) in [5.74, 6) is 0. The molecule has 0 aliphatic carbocycles. The fourth-order valence-corrected chi connectivity index (χ4v) is 1.30. The fraction of sp³-hybridized carbons (Fsp3) is 0.500. The van der Waals surface area contributed by atoms with E-state index in [9.17, 15) is 0 Å². The van der Waals surface area contributed by atoms with Gasteiger partial charge in [-0.05, 0) is 12.5 Å². The minimum absolute atomic E-state index is 0.709. The first-order valence-corrected chi connectivity index (χ1v) is 4.55. The van der Waals surface area contributed by atoms with Crippen molar-refractivity contribution < 1.29 is 4.57 Å². The zero-order valence-corrected chi connectivity index (χ0v) is 7.66. The molecule has 2 heteroatoms. The number of nitrogens with two attached hydrogens (primary N) is 1. The van der Waals surface area contributed by atoms with Gasteiger partial charge in [0.25, 0.3) is 0 Å². The van der Waals surface area contributed by atoms with E-state index in [2.05, 4.69) is 36.0 Å². The zero-order chi connectivity index (χ0) is 8.81. The van der Waals surface area contributed by atoms with Crippen molar-refractivity contribution in [1.29, 1.82) is 0 Å². The second-order valence-electron chi connectivity index (χ2n) is 2.99. The standard InChI is InChI=1S/C10H17N2/c1-2-4-10-5-3-7-12(9-10)8-6-11/h3,5,7,9H,2,4,6,8,11H2,1H3/q+1. The molecule has 66 valence electrons. The van der Waals surface area contributed by atoms with Crippen molar-refractivity contribution in [2.45, 2.75) is 26.3 Å². The highest BCUT2D eigenvalue weighted by atomic mass is 14.9. The third-order valence-electron chi connectivity index (χ3n) is 1.85. The van der Waals surface area contributed by atoms with E-state index in [4.69, 9.17) is 5.73 Å². The SMILES string of the molecule is CCCc1ccc[n+](CCN)c1. The van der Waals surface area contributed by atoms with Gasteiger partial charge in [-0.15, -0.1) is 0 Å². The smallest absolute Gasteiger partial charge is 0.172 e. The molecule has 1 aromatic heterocycles. The first-order chi connectivity index (χ1) is 5.86. The summed E-state index contributed by atoms with van der Waals surface area (Å²) in [4.78, 5) is 0. The van der Waals surface area contributed by atoms with Crippen molar-refractivity contribution in [3.05, 3.63) is 30.1 Å². The Morgan fingerprint density at radius 2 is 2.33 bits per heavy atom. The molecule has 12 heavy (non-hydrogen) atoms. The minimum Gasteiger partial charge on any atom is -0.325 e. The summed E-state index contributed by atoms with van der Waals surface area (Å²) in [5.41, 5.74) is 6.86. The second-order valence-corrected chi connectivity index (χ2v) is 2.99. The number of pyridine rings is 1. The third kappa shape index (κ3) is 2.62. The summed E-state index contributed by atoms with van der Waals surface area (Å²) in [6.07, 6.45) is 6.60. The van der Waals surface area contributed by atoms with Crippen LogP contribution in [0.4, 0.5) is 0 Å². The molecular weight excluding hydrogens is 148 g/mol. The van der Waals surface area contributed by atoms with E-state index in [0.29, 0.717) is 6.54 Å². The molecule has 0 saturated heterocycles. The first kappa shape index (κ1) is 9.20. The Bertz CT molecular complexity index is 212. The van der Waals surface area contributed by atoms with E-state index >= 15 is 0 Å². The third-order valence-corrected chi connectivity index (χ3v) is 1.85.